The van der Waals surface area contributed by atoms with Crippen LogP contribution in [0.25, 0.3) is 0 Å². The van der Waals surface area contributed by atoms with Crippen molar-refractivity contribution in [1.29, 1.82) is 0 Å². The van der Waals surface area contributed by atoms with Crippen molar-refractivity contribution < 1.29 is 33.0 Å². The van der Waals surface area contributed by atoms with E-state index in [0.29, 0.717) is 33.6 Å². The number of benzene rings is 3. The molecule has 3 aromatic carbocycles. The number of methoxy groups -OCH3 is 1. The average Bonchev–Trinajstić information content (AvgIpc) is 3.39. The zero-order valence-electron chi connectivity index (χ0n) is 20.2. The van der Waals surface area contributed by atoms with E-state index < -0.39 is 17.0 Å². The standard InChI is InChI=1S/C27H22FN3O6S/c1-35-26(34)17-3-7-19(8-4-17)29-25(33)23-13-24(32)31(14-16-2-11-21-22(12-16)37-15-36-21)27(38-23)30-20-9-5-18(28)6-10-20/h2-12,23H,13-15H2,1H3,(H,29,33)/t23-/m0/s1. The molecule has 0 bridgehead atoms. The molecule has 2 aliphatic rings. The van der Waals surface area contributed by atoms with Gasteiger partial charge in [-0.25, -0.2) is 14.2 Å². The van der Waals surface area contributed by atoms with Crippen LogP contribution in [0, 0.1) is 5.82 Å². The minimum Gasteiger partial charge on any atom is -0.465 e. The third-order valence-corrected chi connectivity index (χ3v) is 7.02. The summed E-state index contributed by atoms with van der Waals surface area (Å²) in [6.07, 6.45) is -0.0519. The Kier molecular flexibility index (Phi) is 7.27. The number of amides is 2. The quantitative estimate of drug-likeness (QED) is 0.463. The van der Waals surface area contributed by atoms with Gasteiger partial charge in [0.25, 0.3) is 0 Å². The summed E-state index contributed by atoms with van der Waals surface area (Å²) in [5, 5.41) is 2.34. The van der Waals surface area contributed by atoms with Crippen molar-refractivity contribution >= 4 is 46.1 Å². The van der Waals surface area contributed by atoms with E-state index in [-0.39, 0.29) is 31.6 Å². The summed E-state index contributed by atoms with van der Waals surface area (Å²) in [5.41, 5.74) is 2.05. The molecule has 9 nitrogen and oxygen atoms in total. The average molecular weight is 536 g/mol. The van der Waals surface area contributed by atoms with Crippen LogP contribution in [0.1, 0.15) is 22.3 Å². The lowest BCUT2D eigenvalue weighted by Gasteiger charge is -2.32. The van der Waals surface area contributed by atoms with Crippen molar-refractivity contribution in [2.45, 2.75) is 18.2 Å². The zero-order valence-corrected chi connectivity index (χ0v) is 21.0. The molecule has 1 atom stereocenters. The van der Waals surface area contributed by atoms with E-state index in [1.807, 2.05) is 6.07 Å². The van der Waals surface area contributed by atoms with Crippen LogP contribution in [0.3, 0.4) is 0 Å². The number of fused-ring (bicyclic) bond motifs is 1. The van der Waals surface area contributed by atoms with Crippen LogP contribution < -0.4 is 14.8 Å². The second kappa shape index (κ2) is 10.9. The van der Waals surface area contributed by atoms with Gasteiger partial charge >= 0.3 is 5.97 Å². The zero-order chi connectivity index (χ0) is 26.6. The summed E-state index contributed by atoms with van der Waals surface area (Å²) >= 11 is 1.15. The monoisotopic (exact) mass is 535 g/mol. The topological polar surface area (TPSA) is 107 Å². The Morgan fingerprint density at radius 1 is 1.08 bits per heavy atom. The highest BCUT2D eigenvalue weighted by atomic mass is 32.2. The first-order valence-corrected chi connectivity index (χ1v) is 12.5. The molecule has 194 valence electrons. The molecular weight excluding hydrogens is 513 g/mol. The summed E-state index contributed by atoms with van der Waals surface area (Å²) in [4.78, 5) is 44.1. The molecule has 1 saturated heterocycles. The van der Waals surface area contributed by atoms with Gasteiger partial charge < -0.3 is 19.5 Å². The van der Waals surface area contributed by atoms with Crippen LogP contribution in [0.2, 0.25) is 0 Å². The number of nitrogens with zero attached hydrogens (tertiary/aromatic N) is 2. The molecule has 2 aliphatic heterocycles. The molecule has 0 spiro atoms. The van der Waals surface area contributed by atoms with Crippen LogP contribution in [0.5, 0.6) is 11.5 Å². The molecular formula is C27H22FN3O6S. The van der Waals surface area contributed by atoms with Gasteiger partial charge in [-0.05, 0) is 66.2 Å². The molecule has 0 aliphatic carbocycles. The van der Waals surface area contributed by atoms with Gasteiger partial charge in [0.2, 0.25) is 18.6 Å². The molecule has 0 aromatic heterocycles. The van der Waals surface area contributed by atoms with Crippen molar-refractivity contribution in [3.8, 4) is 11.5 Å². The molecule has 1 N–H and O–H groups in total. The Hall–Kier alpha value is -4.38. The van der Waals surface area contributed by atoms with Crippen molar-refractivity contribution in [3.05, 3.63) is 83.7 Å². The number of carbonyl (C=O) groups is 3. The second-order valence-electron chi connectivity index (χ2n) is 8.41. The Balaban J connectivity index is 1.37. The molecule has 2 heterocycles. The number of anilines is 1. The van der Waals surface area contributed by atoms with E-state index in [4.69, 9.17) is 9.47 Å². The van der Waals surface area contributed by atoms with E-state index >= 15 is 0 Å². The maximum atomic E-state index is 13.4. The number of esters is 1. The molecule has 2 amide bonds. The fourth-order valence-electron chi connectivity index (χ4n) is 3.87. The van der Waals surface area contributed by atoms with Gasteiger partial charge in [-0.15, -0.1) is 0 Å². The molecule has 0 unspecified atom stereocenters. The Morgan fingerprint density at radius 3 is 2.55 bits per heavy atom. The Morgan fingerprint density at radius 2 is 1.82 bits per heavy atom. The fraction of sp³-hybridized carbons (Fsp3) is 0.185. The highest BCUT2D eigenvalue weighted by Gasteiger charge is 2.36. The van der Waals surface area contributed by atoms with Crippen LogP contribution >= 0.6 is 11.8 Å². The van der Waals surface area contributed by atoms with Gasteiger partial charge in [0, 0.05) is 12.1 Å². The predicted octanol–water partition coefficient (Wildman–Crippen LogP) is 4.50. The summed E-state index contributed by atoms with van der Waals surface area (Å²) in [6.45, 7) is 0.336. The number of hydrogen-bond acceptors (Lipinski definition) is 8. The minimum atomic E-state index is -0.755. The smallest absolute Gasteiger partial charge is 0.337 e. The van der Waals surface area contributed by atoms with Gasteiger partial charge in [0.05, 0.1) is 24.9 Å². The fourth-order valence-corrected chi connectivity index (χ4v) is 4.97. The summed E-state index contributed by atoms with van der Waals surface area (Å²) < 4.78 is 28.9. The van der Waals surface area contributed by atoms with Crippen molar-refractivity contribution in [3.63, 3.8) is 0 Å². The van der Waals surface area contributed by atoms with Gasteiger partial charge in [0.1, 0.15) is 11.1 Å². The lowest BCUT2D eigenvalue weighted by atomic mass is 10.1. The second-order valence-corrected chi connectivity index (χ2v) is 9.58. The first-order chi connectivity index (χ1) is 18.4. The number of carbonyl (C=O) groups excluding carboxylic acids is 3. The van der Waals surface area contributed by atoms with Gasteiger partial charge in [-0.1, -0.05) is 17.8 Å². The molecule has 11 heteroatoms. The number of nitrogens with one attached hydrogen (secondary N) is 1. The van der Waals surface area contributed by atoms with Crippen molar-refractivity contribution in [1.82, 2.24) is 4.90 Å². The highest BCUT2D eigenvalue weighted by Crippen LogP contribution is 2.35. The van der Waals surface area contributed by atoms with Crippen LogP contribution in [-0.4, -0.2) is 47.0 Å². The molecule has 38 heavy (non-hydrogen) atoms. The van der Waals surface area contributed by atoms with Crippen LogP contribution in [0.15, 0.2) is 71.7 Å². The summed E-state index contributed by atoms with van der Waals surface area (Å²) in [5.74, 6) is -0.349. The number of thioether (sulfide) groups is 1. The van der Waals surface area contributed by atoms with E-state index in [2.05, 4.69) is 15.0 Å². The predicted molar refractivity (Wildman–Crippen MR) is 139 cm³/mol. The van der Waals surface area contributed by atoms with Gasteiger partial charge in [0.15, 0.2) is 16.7 Å². The highest BCUT2D eigenvalue weighted by molar-refractivity contribution is 8.15. The maximum Gasteiger partial charge on any atom is 0.337 e. The maximum absolute atomic E-state index is 13.4. The number of hydrogen-bond donors (Lipinski definition) is 1. The van der Waals surface area contributed by atoms with Gasteiger partial charge in [-0.3, -0.25) is 14.5 Å². The third-order valence-electron chi connectivity index (χ3n) is 5.83. The van der Waals surface area contributed by atoms with E-state index in [1.54, 1.807) is 24.3 Å². The summed E-state index contributed by atoms with van der Waals surface area (Å²) in [7, 11) is 1.29. The number of aliphatic imine (C=N–C) groups is 1. The van der Waals surface area contributed by atoms with E-state index in [0.717, 1.165) is 17.3 Å². The lowest BCUT2D eigenvalue weighted by molar-refractivity contribution is -0.129. The third kappa shape index (κ3) is 5.62. The number of ether oxygens (including phenoxy) is 3. The minimum absolute atomic E-state index is 0.0519. The van der Waals surface area contributed by atoms with Crippen molar-refractivity contribution in [2.24, 2.45) is 4.99 Å². The normalized spacial score (nSPS) is 17.4. The number of halogens is 1. The van der Waals surface area contributed by atoms with Crippen molar-refractivity contribution in [2.75, 3.05) is 19.2 Å². The molecule has 3 aromatic rings. The number of rotatable bonds is 6. The Bertz CT molecular complexity index is 1410. The largest absolute Gasteiger partial charge is 0.465 e. The number of amidine groups is 1. The molecule has 5 rings (SSSR count). The SMILES string of the molecule is COC(=O)c1ccc(NC(=O)[C@@H]2CC(=O)N(Cc3ccc4c(c3)OCO4)C(=Nc3ccc(F)cc3)S2)cc1. The molecule has 0 saturated carbocycles. The summed E-state index contributed by atoms with van der Waals surface area (Å²) in [6, 6.07) is 17.2. The van der Waals surface area contributed by atoms with Crippen LogP contribution in [0.4, 0.5) is 15.8 Å². The molecule has 0 radical (unpaired) electrons. The Labute approximate surface area is 221 Å². The van der Waals surface area contributed by atoms with E-state index in [9.17, 15) is 18.8 Å². The lowest BCUT2D eigenvalue weighted by Crippen LogP contribution is -2.44. The van der Waals surface area contributed by atoms with Crippen LogP contribution in [-0.2, 0) is 20.9 Å². The first kappa shape index (κ1) is 25.3. The van der Waals surface area contributed by atoms with E-state index in [1.165, 1.54) is 48.4 Å². The first-order valence-electron chi connectivity index (χ1n) is 11.6. The van der Waals surface area contributed by atoms with Gasteiger partial charge in [-0.2, -0.15) is 0 Å². The molecule has 1 fully saturated rings.